The molecule has 0 bridgehead atoms. The zero-order chi connectivity index (χ0) is 21.5. The molecule has 0 spiro atoms. The quantitative estimate of drug-likeness (QED) is 0.714. The molecule has 2 fully saturated rings. The summed E-state index contributed by atoms with van der Waals surface area (Å²) in [4.78, 5) is 28.2. The number of piperidine rings is 2. The number of benzene rings is 1. The Kier molecular flexibility index (Phi) is 6.14. The fourth-order valence-electron chi connectivity index (χ4n) is 4.18. The van der Waals surface area contributed by atoms with Crippen LogP contribution in [0.2, 0.25) is 0 Å². The fraction of sp³-hybridized carbons (Fsp3) is 0.619. The monoisotopic (exact) mass is 451 g/mol. The SMILES string of the molecule is CC1CCN(C(=O)C2Sc3ccc(S(=O)(=O)N4CCC(C)CC4)cc3NC2=O)CC1. The number of amides is 2. The Hall–Kier alpha value is -1.58. The van der Waals surface area contributed by atoms with Gasteiger partial charge >= 0.3 is 0 Å². The maximum Gasteiger partial charge on any atom is 0.247 e. The van der Waals surface area contributed by atoms with E-state index in [9.17, 15) is 18.0 Å². The van der Waals surface area contributed by atoms with Crippen molar-refractivity contribution in [3.05, 3.63) is 18.2 Å². The van der Waals surface area contributed by atoms with Crippen molar-refractivity contribution in [3.63, 3.8) is 0 Å². The maximum atomic E-state index is 13.0. The molecule has 4 rings (SSSR count). The van der Waals surface area contributed by atoms with E-state index in [2.05, 4.69) is 19.2 Å². The van der Waals surface area contributed by atoms with Crippen LogP contribution >= 0.6 is 11.8 Å². The molecular formula is C21H29N3O4S2. The number of rotatable bonds is 3. The van der Waals surface area contributed by atoms with Gasteiger partial charge in [-0.1, -0.05) is 13.8 Å². The predicted octanol–water partition coefficient (Wildman–Crippen LogP) is 2.78. The number of nitrogens with zero attached hydrogens (tertiary/aromatic N) is 2. The van der Waals surface area contributed by atoms with Crippen LogP contribution in [0.25, 0.3) is 0 Å². The molecule has 7 nitrogen and oxygen atoms in total. The van der Waals surface area contributed by atoms with Crippen molar-refractivity contribution in [2.75, 3.05) is 31.5 Å². The maximum absolute atomic E-state index is 13.0. The Morgan fingerprint density at radius 1 is 1.03 bits per heavy atom. The van der Waals surface area contributed by atoms with Gasteiger partial charge in [0.05, 0.1) is 10.6 Å². The molecule has 3 aliphatic heterocycles. The fourth-order valence-corrected chi connectivity index (χ4v) is 6.73. The van der Waals surface area contributed by atoms with Crippen LogP contribution in [0.3, 0.4) is 0 Å². The van der Waals surface area contributed by atoms with Gasteiger partial charge in [-0.2, -0.15) is 4.31 Å². The molecule has 0 radical (unpaired) electrons. The second kappa shape index (κ2) is 8.51. The predicted molar refractivity (Wildman–Crippen MR) is 117 cm³/mol. The Labute approximate surface area is 182 Å². The van der Waals surface area contributed by atoms with E-state index in [-0.39, 0.29) is 16.7 Å². The number of thioether (sulfide) groups is 1. The first kappa shape index (κ1) is 21.6. The van der Waals surface area contributed by atoms with Crippen LogP contribution in [0.4, 0.5) is 5.69 Å². The van der Waals surface area contributed by atoms with E-state index in [0.717, 1.165) is 30.6 Å². The molecule has 2 amide bonds. The first-order valence-electron chi connectivity index (χ1n) is 10.7. The Morgan fingerprint density at radius 3 is 2.27 bits per heavy atom. The highest BCUT2D eigenvalue weighted by molar-refractivity contribution is 8.01. The van der Waals surface area contributed by atoms with Crippen LogP contribution < -0.4 is 5.32 Å². The molecule has 3 heterocycles. The molecule has 3 aliphatic rings. The van der Waals surface area contributed by atoms with Crippen LogP contribution in [0, 0.1) is 11.8 Å². The van der Waals surface area contributed by atoms with Gasteiger partial charge in [-0.25, -0.2) is 8.42 Å². The van der Waals surface area contributed by atoms with Gasteiger partial charge in [0.25, 0.3) is 0 Å². The van der Waals surface area contributed by atoms with E-state index in [0.29, 0.717) is 43.7 Å². The first-order valence-corrected chi connectivity index (χ1v) is 13.0. The minimum absolute atomic E-state index is 0.158. The van der Waals surface area contributed by atoms with E-state index in [1.54, 1.807) is 17.0 Å². The summed E-state index contributed by atoms with van der Waals surface area (Å²) in [6, 6.07) is 4.81. The molecule has 9 heteroatoms. The van der Waals surface area contributed by atoms with Gasteiger partial charge in [0.1, 0.15) is 0 Å². The van der Waals surface area contributed by atoms with Crippen molar-refractivity contribution < 1.29 is 18.0 Å². The van der Waals surface area contributed by atoms with Crippen molar-refractivity contribution >= 4 is 39.3 Å². The van der Waals surface area contributed by atoms with Crippen LogP contribution in [0.1, 0.15) is 39.5 Å². The lowest BCUT2D eigenvalue weighted by Gasteiger charge is -2.34. The molecule has 1 aromatic carbocycles. The van der Waals surface area contributed by atoms with Crippen LogP contribution in [0.15, 0.2) is 28.0 Å². The Bertz CT molecular complexity index is 934. The second-order valence-electron chi connectivity index (χ2n) is 8.74. The van der Waals surface area contributed by atoms with Crippen molar-refractivity contribution in [2.24, 2.45) is 11.8 Å². The van der Waals surface area contributed by atoms with Crippen LogP contribution in [-0.4, -0.2) is 60.9 Å². The summed E-state index contributed by atoms with van der Waals surface area (Å²) in [5, 5.41) is 1.95. The number of anilines is 1. The summed E-state index contributed by atoms with van der Waals surface area (Å²) >= 11 is 1.21. The van der Waals surface area contributed by atoms with Crippen LogP contribution in [-0.2, 0) is 19.6 Å². The summed E-state index contributed by atoms with van der Waals surface area (Å²) in [5.41, 5.74) is 0.466. The highest BCUT2D eigenvalue weighted by Gasteiger charge is 2.37. The van der Waals surface area contributed by atoms with Crippen molar-refractivity contribution in [2.45, 2.75) is 54.6 Å². The molecule has 1 N–H and O–H groups in total. The lowest BCUT2D eigenvalue weighted by atomic mass is 9.99. The van der Waals surface area contributed by atoms with Gasteiger partial charge < -0.3 is 10.2 Å². The molecular weight excluding hydrogens is 422 g/mol. The zero-order valence-corrected chi connectivity index (χ0v) is 19.1. The standard InChI is InChI=1S/C21H29N3O4S2/c1-14-5-9-23(10-6-14)21(26)19-20(25)22-17-13-16(3-4-18(17)29-19)30(27,28)24-11-7-15(2)8-12-24/h3-4,13-15,19H,5-12H2,1-2H3,(H,22,25). The second-order valence-corrected chi connectivity index (χ2v) is 11.8. The lowest BCUT2D eigenvalue weighted by molar-refractivity contribution is -0.135. The third kappa shape index (κ3) is 4.24. The molecule has 0 aromatic heterocycles. The van der Waals surface area contributed by atoms with Gasteiger partial charge in [-0.3, -0.25) is 9.59 Å². The molecule has 1 aromatic rings. The van der Waals surface area contributed by atoms with E-state index in [1.165, 1.54) is 22.1 Å². The number of nitrogens with one attached hydrogen (secondary N) is 1. The number of hydrogen-bond donors (Lipinski definition) is 1. The number of sulfonamides is 1. The van der Waals surface area contributed by atoms with Gasteiger partial charge in [-0.15, -0.1) is 11.8 Å². The average Bonchev–Trinajstić information content (AvgIpc) is 2.73. The minimum atomic E-state index is -3.59. The number of hydrogen-bond acceptors (Lipinski definition) is 5. The van der Waals surface area contributed by atoms with E-state index in [4.69, 9.17) is 0 Å². The van der Waals surface area contributed by atoms with Gasteiger partial charge in [0.2, 0.25) is 21.8 Å². The molecule has 1 atom stereocenters. The minimum Gasteiger partial charge on any atom is -0.341 e. The number of likely N-dealkylation sites (tertiary alicyclic amines) is 1. The summed E-state index contributed by atoms with van der Waals surface area (Å²) in [7, 11) is -3.59. The number of carbonyl (C=O) groups is 2. The normalized spacial score (nSPS) is 24.4. The van der Waals surface area contributed by atoms with Crippen molar-refractivity contribution in [1.29, 1.82) is 0 Å². The van der Waals surface area contributed by atoms with Gasteiger partial charge in [-0.05, 0) is 55.7 Å². The molecule has 2 saturated heterocycles. The average molecular weight is 452 g/mol. The summed E-state index contributed by atoms with van der Waals surface area (Å²) < 4.78 is 27.5. The van der Waals surface area contributed by atoms with Crippen molar-refractivity contribution in [3.8, 4) is 0 Å². The Morgan fingerprint density at radius 2 is 1.63 bits per heavy atom. The lowest BCUT2D eigenvalue weighted by Crippen LogP contribution is -2.47. The highest BCUT2D eigenvalue weighted by Crippen LogP contribution is 2.38. The molecule has 164 valence electrons. The topological polar surface area (TPSA) is 86.8 Å². The first-order chi connectivity index (χ1) is 14.3. The van der Waals surface area contributed by atoms with E-state index >= 15 is 0 Å². The zero-order valence-electron chi connectivity index (χ0n) is 17.5. The van der Waals surface area contributed by atoms with E-state index < -0.39 is 15.3 Å². The number of carbonyl (C=O) groups excluding carboxylic acids is 2. The summed E-state index contributed by atoms with van der Waals surface area (Å²) in [6.45, 7) is 6.72. The smallest absolute Gasteiger partial charge is 0.247 e. The van der Waals surface area contributed by atoms with Gasteiger partial charge in [0, 0.05) is 31.1 Å². The largest absolute Gasteiger partial charge is 0.341 e. The summed E-state index contributed by atoms with van der Waals surface area (Å²) in [5.74, 6) is 0.603. The molecule has 0 aliphatic carbocycles. The van der Waals surface area contributed by atoms with E-state index in [1.807, 2.05) is 0 Å². The van der Waals surface area contributed by atoms with Crippen LogP contribution in [0.5, 0.6) is 0 Å². The van der Waals surface area contributed by atoms with Crippen molar-refractivity contribution in [1.82, 2.24) is 9.21 Å². The van der Waals surface area contributed by atoms with Gasteiger partial charge in [0.15, 0.2) is 5.25 Å². The third-order valence-corrected chi connectivity index (χ3v) is 9.55. The summed E-state index contributed by atoms with van der Waals surface area (Å²) in [6.07, 6.45) is 3.63. The molecule has 0 saturated carbocycles. The third-order valence-electron chi connectivity index (χ3n) is 6.39. The highest BCUT2D eigenvalue weighted by atomic mass is 32.2. The molecule has 30 heavy (non-hydrogen) atoms. The number of fused-ring (bicyclic) bond motifs is 1. The Balaban J connectivity index is 1.50. The molecule has 1 unspecified atom stereocenters.